The number of benzene rings is 1. The van der Waals surface area contributed by atoms with E-state index < -0.39 is 0 Å². The molecule has 1 aliphatic carbocycles. The molecule has 1 aromatic carbocycles. The van der Waals surface area contributed by atoms with Gasteiger partial charge in [-0.15, -0.1) is 5.10 Å². The molecule has 7 nitrogen and oxygen atoms in total. The molecular formula is C20H24N6O. The van der Waals surface area contributed by atoms with E-state index in [0.29, 0.717) is 6.04 Å². The van der Waals surface area contributed by atoms with Gasteiger partial charge in [0.2, 0.25) is 5.91 Å². The normalized spacial score (nSPS) is 15.0. The number of carbonyl (C=O) groups is 1. The highest BCUT2D eigenvalue weighted by Gasteiger charge is 2.20. The molecule has 140 valence electrons. The predicted octanol–water partition coefficient (Wildman–Crippen LogP) is 3.59. The Morgan fingerprint density at radius 2 is 1.96 bits per heavy atom. The first-order valence-electron chi connectivity index (χ1n) is 9.50. The average Bonchev–Trinajstić information content (AvgIpc) is 3.29. The number of amides is 1. The van der Waals surface area contributed by atoms with E-state index in [-0.39, 0.29) is 12.5 Å². The van der Waals surface area contributed by atoms with E-state index in [4.69, 9.17) is 0 Å². The van der Waals surface area contributed by atoms with Crippen LogP contribution in [-0.2, 0) is 11.3 Å². The van der Waals surface area contributed by atoms with E-state index >= 15 is 0 Å². The Hall–Kier alpha value is -2.96. The van der Waals surface area contributed by atoms with Crippen LogP contribution in [0.15, 0.2) is 42.6 Å². The number of nitrogens with zero attached hydrogens (tertiary/aromatic N) is 5. The van der Waals surface area contributed by atoms with Crippen LogP contribution in [0.4, 0.5) is 5.82 Å². The smallest absolute Gasteiger partial charge is 0.247 e. The van der Waals surface area contributed by atoms with Gasteiger partial charge in [0.05, 0.1) is 23.6 Å². The standard InChI is InChI=1S/C20H24N6O/c1-15-12-19(26(23-15)17-10-6-3-7-11-17)22-20(27)14-25-18(13-21-24-25)16-8-4-2-5-9-16/h2,4-5,8-9,12-13,17H,3,6-7,10-11,14H2,1H3,(H,22,27). The molecule has 1 N–H and O–H groups in total. The molecule has 0 atom stereocenters. The predicted molar refractivity (Wildman–Crippen MR) is 103 cm³/mol. The minimum absolute atomic E-state index is 0.110. The van der Waals surface area contributed by atoms with Crippen LogP contribution in [0.1, 0.15) is 43.8 Å². The Bertz CT molecular complexity index is 908. The second-order valence-corrected chi connectivity index (χ2v) is 7.10. The first kappa shape index (κ1) is 17.5. The molecule has 0 saturated heterocycles. The van der Waals surface area contributed by atoms with Gasteiger partial charge in [0, 0.05) is 11.6 Å². The lowest BCUT2D eigenvalue weighted by molar-refractivity contribution is -0.117. The minimum Gasteiger partial charge on any atom is -0.309 e. The molecule has 1 aliphatic rings. The number of anilines is 1. The summed E-state index contributed by atoms with van der Waals surface area (Å²) in [5.41, 5.74) is 2.72. The quantitative estimate of drug-likeness (QED) is 0.750. The molecule has 7 heteroatoms. The summed E-state index contributed by atoms with van der Waals surface area (Å²) in [5, 5.41) is 15.7. The van der Waals surface area contributed by atoms with Crippen LogP contribution in [0.25, 0.3) is 11.3 Å². The molecule has 1 amide bonds. The number of aromatic nitrogens is 5. The van der Waals surface area contributed by atoms with Crippen LogP contribution in [0, 0.1) is 6.92 Å². The highest BCUT2D eigenvalue weighted by atomic mass is 16.2. The van der Waals surface area contributed by atoms with Gasteiger partial charge in [-0.05, 0) is 19.8 Å². The molecule has 1 saturated carbocycles. The number of carbonyl (C=O) groups excluding carboxylic acids is 1. The monoisotopic (exact) mass is 364 g/mol. The third kappa shape index (κ3) is 3.92. The highest BCUT2D eigenvalue weighted by Crippen LogP contribution is 2.30. The summed E-state index contributed by atoms with van der Waals surface area (Å²) in [6.45, 7) is 2.07. The van der Waals surface area contributed by atoms with E-state index in [9.17, 15) is 4.79 Å². The molecule has 0 bridgehead atoms. The topological polar surface area (TPSA) is 77.6 Å². The van der Waals surface area contributed by atoms with Gasteiger partial charge >= 0.3 is 0 Å². The van der Waals surface area contributed by atoms with Gasteiger partial charge in [-0.25, -0.2) is 9.36 Å². The van der Waals surface area contributed by atoms with Crippen LogP contribution < -0.4 is 5.32 Å². The lowest BCUT2D eigenvalue weighted by Crippen LogP contribution is -2.24. The van der Waals surface area contributed by atoms with Crippen LogP contribution in [0.3, 0.4) is 0 Å². The highest BCUT2D eigenvalue weighted by molar-refractivity contribution is 5.90. The van der Waals surface area contributed by atoms with E-state index in [1.165, 1.54) is 19.3 Å². The summed E-state index contributed by atoms with van der Waals surface area (Å²) < 4.78 is 3.62. The lowest BCUT2D eigenvalue weighted by atomic mass is 9.96. The fraction of sp³-hybridized carbons (Fsp3) is 0.400. The lowest BCUT2D eigenvalue weighted by Gasteiger charge is -2.24. The Kier molecular flexibility index (Phi) is 5.00. The SMILES string of the molecule is Cc1cc(NC(=O)Cn2nncc2-c2ccccc2)n(C2CCCCC2)n1. The van der Waals surface area contributed by atoms with Crippen LogP contribution in [0.2, 0.25) is 0 Å². The number of hydrogen-bond acceptors (Lipinski definition) is 4. The fourth-order valence-corrected chi connectivity index (χ4v) is 3.74. The molecule has 4 rings (SSSR count). The van der Waals surface area contributed by atoms with E-state index in [0.717, 1.165) is 35.6 Å². The van der Waals surface area contributed by atoms with Crippen molar-refractivity contribution in [2.45, 2.75) is 51.6 Å². The van der Waals surface area contributed by atoms with E-state index in [2.05, 4.69) is 20.7 Å². The summed E-state index contributed by atoms with van der Waals surface area (Å²) in [6, 6.07) is 12.1. The van der Waals surface area contributed by atoms with Crippen molar-refractivity contribution in [1.82, 2.24) is 24.8 Å². The summed E-state index contributed by atoms with van der Waals surface area (Å²) in [4.78, 5) is 12.7. The zero-order chi connectivity index (χ0) is 18.6. The second kappa shape index (κ2) is 7.73. The Morgan fingerprint density at radius 1 is 1.19 bits per heavy atom. The van der Waals surface area contributed by atoms with Crippen molar-refractivity contribution in [3.63, 3.8) is 0 Å². The van der Waals surface area contributed by atoms with Crippen molar-refractivity contribution in [1.29, 1.82) is 0 Å². The fourth-order valence-electron chi connectivity index (χ4n) is 3.74. The molecule has 2 heterocycles. The largest absolute Gasteiger partial charge is 0.309 e. The molecule has 2 aromatic heterocycles. The van der Waals surface area contributed by atoms with Crippen LogP contribution in [-0.4, -0.2) is 30.7 Å². The van der Waals surface area contributed by atoms with Gasteiger partial charge in [0.1, 0.15) is 12.4 Å². The maximum absolute atomic E-state index is 12.7. The second-order valence-electron chi connectivity index (χ2n) is 7.10. The van der Waals surface area contributed by atoms with Gasteiger partial charge in [0.25, 0.3) is 0 Å². The molecule has 0 spiro atoms. The molecule has 1 fully saturated rings. The first-order valence-corrected chi connectivity index (χ1v) is 9.50. The molecule has 0 unspecified atom stereocenters. The van der Waals surface area contributed by atoms with Gasteiger partial charge in [0.15, 0.2) is 0 Å². The zero-order valence-electron chi connectivity index (χ0n) is 15.5. The van der Waals surface area contributed by atoms with Crippen molar-refractivity contribution < 1.29 is 4.79 Å². The maximum Gasteiger partial charge on any atom is 0.247 e. The maximum atomic E-state index is 12.7. The van der Waals surface area contributed by atoms with Crippen molar-refractivity contribution in [3.05, 3.63) is 48.3 Å². The average molecular weight is 364 g/mol. The molecule has 3 aromatic rings. The van der Waals surface area contributed by atoms with Gasteiger partial charge in [-0.3, -0.25) is 4.79 Å². The van der Waals surface area contributed by atoms with Gasteiger partial charge in [-0.1, -0.05) is 54.8 Å². The summed E-state index contributed by atoms with van der Waals surface area (Å²) >= 11 is 0. The summed E-state index contributed by atoms with van der Waals surface area (Å²) in [7, 11) is 0. The van der Waals surface area contributed by atoms with Gasteiger partial charge < -0.3 is 5.32 Å². The van der Waals surface area contributed by atoms with Crippen molar-refractivity contribution >= 4 is 11.7 Å². The van der Waals surface area contributed by atoms with Crippen molar-refractivity contribution in [3.8, 4) is 11.3 Å². The number of aryl methyl sites for hydroxylation is 1. The summed E-state index contributed by atoms with van der Waals surface area (Å²) in [6.07, 6.45) is 7.63. The number of nitrogens with one attached hydrogen (secondary N) is 1. The zero-order valence-corrected chi connectivity index (χ0v) is 15.5. The molecule has 0 radical (unpaired) electrons. The third-order valence-corrected chi connectivity index (χ3v) is 5.03. The van der Waals surface area contributed by atoms with E-state index in [1.807, 2.05) is 48.0 Å². The number of hydrogen-bond donors (Lipinski definition) is 1. The van der Waals surface area contributed by atoms with Crippen molar-refractivity contribution in [2.75, 3.05) is 5.32 Å². The molecular weight excluding hydrogens is 340 g/mol. The van der Waals surface area contributed by atoms with Gasteiger partial charge in [-0.2, -0.15) is 5.10 Å². The minimum atomic E-state index is -0.130. The Morgan fingerprint density at radius 3 is 2.74 bits per heavy atom. The molecule has 27 heavy (non-hydrogen) atoms. The number of rotatable bonds is 5. The Balaban J connectivity index is 1.49. The van der Waals surface area contributed by atoms with E-state index in [1.54, 1.807) is 10.9 Å². The summed E-state index contributed by atoms with van der Waals surface area (Å²) in [5.74, 6) is 0.639. The Labute approximate surface area is 158 Å². The third-order valence-electron chi connectivity index (χ3n) is 5.03. The molecule has 0 aliphatic heterocycles. The van der Waals surface area contributed by atoms with Crippen LogP contribution >= 0.6 is 0 Å². The first-order chi connectivity index (χ1) is 13.2. The van der Waals surface area contributed by atoms with Crippen molar-refractivity contribution in [2.24, 2.45) is 0 Å². The van der Waals surface area contributed by atoms with Crippen LogP contribution in [0.5, 0.6) is 0 Å².